The summed E-state index contributed by atoms with van der Waals surface area (Å²) in [5.41, 5.74) is 9.44. The van der Waals surface area contributed by atoms with Gasteiger partial charge in [0.05, 0.1) is 5.69 Å². The first kappa shape index (κ1) is 19.5. The summed E-state index contributed by atoms with van der Waals surface area (Å²) in [5, 5.41) is 2.69. The van der Waals surface area contributed by atoms with Gasteiger partial charge in [0.15, 0.2) is 0 Å². The number of carbonyl (C=O) groups is 1. The first-order valence-corrected chi connectivity index (χ1v) is 9.14. The molecule has 5 nitrogen and oxygen atoms in total. The van der Waals surface area contributed by atoms with E-state index in [4.69, 9.17) is 10.6 Å². The molecule has 0 spiro atoms. The van der Waals surface area contributed by atoms with Crippen LogP contribution in [0.4, 0.5) is 10.5 Å². The third kappa shape index (κ3) is 4.50. The molecule has 0 aliphatic carbocycles. The van der Waals surface area contributed by atoms with Gasteiger partial charge >= 0.3 is 6.03 Å². The number of anilines is 1. The third-order valence-electron chi connectivity index (χ3n) is 4.69. The van der Waals surface area contributed by atoms with Crippen LogP contribution in [0.5, 0.6) is 5.75 Å². The summed E-state index contributed by atoms with van der Waals surface area (Å²) in [6.07, 6.45) is 0. The van der Waals surface area contributed by atoms with Gasteiger partial charge in [-0.25, -0.2) is 10.6 Å². The Morgan fingerprint density at radius 2 is 1.64 bits per heavy atom. The molecule has 0 atom stereocenters. The number of nitrogens with two attached hydrogens (primary N) is 1. The van der Waals surface area contributed by atoms with Crippen LogP contribution in [-0.2, 0) is 6.61 Å². The minimum atomic E-state index is -0.492. The molecule has 3 aromatic rings. The van der Waals surface area contributed by atoms with Crippen molar-refractivity contribution in [2.75, 3.05) is 5.32 Å². The number of ether oxygens (including phenoxy) is 1. The molecule has 2 amide bonds. The van der Waals surface area contributed by atoms with Crippen molar-refractivity contribution in [3.8, 4) is 16.9 Å². The van der Waals surface area contributed by atoms with Gasteiger partial charge < -0.3 is 10.1 Å². The molecule has 0 fully saturated rings. The van der Waals surface area contributed by atoms with E-state index in [1.165, 1.54) is 16.7 Å². The molecular weight excluding hydrogens is 350 g/mol. The molecule has 0 saturated heterocycles. The molecule has 28 heavy (non-hydrogen) atoms. The lowest BCUT2D eigenvalue weighted by atomic mass is 9.99. The largest absolute Gasteiger partial charge is 0.486 e. The molecule has 3 aromatic carbocycles. The van der Waals surface area contributed by atoms with Crippen molar-refractivity contribution >= 4 is 11.7 Å². The summed E-state index contributed by atoms with van der Waals surface area (Å²) in [4.78, 5) is 11.6. The molecule has 4 N–H and O–H groups in total. The van der Waals surface area contributed by atoms with E-state index in [0.717, 1.165) is 16.7 Å². The van der Waals surface area contributed by atoms with Gasteiger partial charge in [-0.2, -0.15) is 0 Å². The van der Waals surface area contributed by atoms with Crippen molar-refractivity contribution in [3.05, 3.63) is 82.9 Å². The Bertz CT molecular complexity index is 982. The highest BCUT2D eigenvalue weighted by molar-refractivity contribution is 5.90. The van der Waals surface area contributed by atoms with E-state index in [0.29, 0.717) is 18.0 Å². The summed E-state index contributed by atoms with van der Waals surface area (Å²) in [5.74, 6) is 5.79. The summed E-state index contributed by atoms with van der Waals surface area (Å²) in [7, 11) is 0. The highest BCUT2D eigenvalue weighted by Gasteiger charge is 2.11. The van der Waals surface area contributed by atoms with Crippen LogP contribution in [0.15, 0.2) is 60.7 Å². The molecule has 0 saturated carbocycles. The first-order valence-electron chi connectivity index (χ1n) is 9.14. The van der Waals surface area contributed by atoms with E-state index < -0.39 is 6.03 Å². The average molecular weight is 375 g/mol. The van der Waals surface area contributed by atoms with Gasteiger partial charge in [-0.3, -0.25) is 5.43 Å². The number of rotatable bonds is 5. The van der Waals surface area contributed by atoms with Gasteiger partial charge in [0.25, 0.3) is 0 Å². The molecule has 0 aromatic heterocycles. The summed E-state index contributed by atoms with van der Waals surface area (Å²) in [6.45, 7) is 6.51. The van der Waals surface area contributed by atoms with Gasteiger partial charge in [0, 0.05) is 0 Å². The number of nitrogens with one attached hydrogen (secondary N) is 2. The van der Waals surface area contributed by atoms with Crippen LogP contribution in [-0.4, -0.2) is 6.03 Å². The molecule has 5 heteroatoms. The summed E-state index contributed by atoms with van der Waals surface area (Å²) in [6, 6.07) is 19.9. The number of hydrazine groups is 1. The Hall–Kier alpha value is -3.31. The fourth-order valence-corrected chi connectivity index (χ4v) is 3.03. The first-order chi connectivity index (χ1) is 13.5. The molecule has 3 rings (SSSR count). The van der Waals surface area contributed by atoms with Crippen molar-refractivity contribution in [1.82, 2.24) is 5.43 Å². The highest BCUT2D eigenvalue weighted by atomic mass is 16.5. The quantitative estimate of drug-likeness (QED) is 0.339. The van der Waals surface area contributed by atoms with Crippen molar-refractivity contribution in [2.24, 2.45) is 5.84 Å². The van der Waals surface area contributed by atoms with Crippen LogP contribution in [0.2, 0.25) is 0 Å². The Labute approximate surface area is 165 Å². The standard InChI is InChI=1S/C23H25N3O2/c1-15-7-9-18(10-8-15)19-11-12-20(17(3)13-19)14-28-22-16(2)5-4-6-21(22)25-23(27)26-24/h4-13H,14,24H2,1-3H3,(H2,25,26,27). The van der Waals surface area contributed by atoms with E-state index >= 15 is 0 Å². The zero-order valence-corrected chi connectivity index (χ0v) is 16.4. The molecular formula is C23H25N3O2. The van der Waals surface area contributed by atoms with Crippen molar-refractivity contribution in [3.63, 3.8) is 0 Å². The van der Waals surface area contributed by atoms with Crippen molar-refractivity contribution in [2.45, 2.75) is 27.4 Å². The van der Waals surface area contributed by atoms with Crippen LogP contribution < -0.4 is 21.3 Å². The van der Waals surface area contributed by atoms with Crippen LogP contribution in [0.25, 0.3) is 11.1 Å². The topological polar surface area (TPSA) is 76.4 Å². The Morgan fingerprint density at radius 3 is 2.32 bits per heavy atom. The molecule has 144 valence electrons. The summed E-state index contributed by atoms with van der Waals surface area (Å²) < 4.78 is 6.06. The monoisotopic (exact) mass is 375 g/mol. The number of urea groups is 1. The van der Waals surface area contributed by atoms with Gasteiger partial charge in [-0.1, -0.05) is 60.2 Å². The van der Waals surface area contributed by atoms with E-state index in [-0.39, 0.29) is 0 Å². The van der Waals surface area contributed by atoms with Crippen molar-refractivity contribution < 1.29 is 9.53 Å². The smallest absolute Gasteiger partial charge is 0.333 e. The lowest BCUT2D eigenvalue weighted by Crippen LogP contribution is -2.34. The normalized spacial score (nSPS) is 10.4. The van der Waals surface area contributed by atoms with Gasteiger partial charge in [0.1, 0.15) is 12.4 Å². The SMILES string of the molecule is Cc1ccc(-c2ccc(COc3c(C)cccc3NC(=O)NN)c(C)c2)cc1. The number of aryl methyl sites for hydroxylation is 3. The maximum absolute atomic E-state index is 11.6. The van der Waals surface area contributed by atoms with Crippen LogP contribution in [0.3, 0.4) is 0 Å². The lowest BCUT2D eigenvalue weighted by Gasteiger charge is -2.16. The molecule has 0 bridgehead atoms. The van der Waals surface area contributed by atoms with Gasteiger partial charge in [0.2, 0.25) is 0 Å². The van der Waals surface area contributed by atoms with Crippen LogP contribution in [0.1, 0.15) is 22.3 Å². The van der Waals surface area contributed by atoms with Gasteiger partial charge in [-0.15, -0.1) is 0 Å². The zero-order chi connectivity index (χ0) is 20.1. The minimum absolute atomic E-state index is 0.407. The molecule has 0 aliphatic heterocycles. The number of para-hydroxylation sites is 1. The number of carbonyl (C=O) groups excluding carboxylic acids is 1. The molecule has 0 aliphatic rings. The second-order valence-corrected chi connectivity index (χ2v) is 6.85. The Kier molecular flexibility index (Phi) is 5.96. The predicted molar refractivity (Wildman–Crippen MR) is 113 cm³/mol. The zero-order valence-electron chi connectivity index (χ0n) is 16.4. The average Bonchev–Trinajstić information content (AvgIpc) is 2.69. The Morgan fingerprint density at radius 1 is 0.929 bits per heavy atom. The minimum Gasteiger partial charge on any atom is -0.486 e. The maximum Gasteiger partial charge on any atom is 0.333 e. The lowest BCUT2D eigenvalue weighted by molar-refractivity contribution is 0.252. The van der Waals surface area contributed by atoms with E-state index in [1.807, 2.05) is 19.1 Å². The number of benzene rings is 3. The van der Waals surface area contributed by atoms with Crippen LogP contribution >= 0.6 is 0 Å². The van der Waals surface area contributed by atoms with Crippen LogP contribution in [0, 0.1) is 20.8 Å². The summed E-state index contributed by atoms with van der Waals surface area (Å²) >= 11 is 0. The highest BCUT2D eigenvalue weighted by Crippen LogP contribution is 2.30. The Balaban J connectivity index is 1.78. The second-order valence-electron chi connectivity index (χ2n) is 6.85. The fraction of sp³-hybridized carbons (Fsp3) is 0.174. The van der Waals surface area contributed by atoms with E-state index in [2.05, 4.69) is 67.1 Å². The van der Waals surface area contributed by atoms with E-state index in [1.54, 1.807) is 6.07 Å². The molecule has 0 unspecified atom stereocenters. The number of amides is 2. The molecule has 0 radical (unpaired) electrons. The maximum atomic E-state index is 11.6. The number of hydrogen-bond acceptors (Lipinski definition) is 3. The van der Waals surface area contributed by atoms with E-state index in [9.17, 15) is 4.79 Å². The van der Waals surface area contributed by atoms with Crippen molar-refractivity contribution in [1.29, 1.82) is 0 Å². The van der Waals surface area contributed by atoms with Gasteiger partial charge in [-0.05, 0) is 54.7 Å². The number of hydrogen-bond donors (Lipinski definition) is 3. The third-order valence-corrected chi connectivity index (χ3v) is 4.69. The fourth-order valence-electron chi connectivity index (χ4n) is 3.03. The predicted octanol–water partition coefficient (Wildman–Crippen LogP) is 4.85. The second kappa shape index (κ2) is 8.59. The molecule has 0 heterocycles.